The fourth-order valence-corrected chi connectivity index (χ4v) is 2.81. The first-order valence-electron chi connectivity index (χ1n) is 7.46. The Morgan fingerprint density at radius 1 is 1.16 bits per heavy atom. The number of hydrogen-bond acceptors (Lipinski definition) is 4. The maximum Gasteiger partial charge on any atom is 0.266 e. The molecule has 0 fully saturated rings. The Hall–Kier alpha value is -2.80. The third kappa shape index (κ3) is 4.39. The van der Waals surface area contributed by atoms with Crippen molar-refractivity contribution in [1.29, 1.82) is 0 Å². The molecular weight excluding hydrogens is 346 g/mol. The molecule has 4 nitrogen and oxygen atoms in total. The van der Waals surface area contributed by atoms with Crippen LogP contribution in [0.4, 0.5) is 13.9 Å². The number of anilines is 1. The van der Waals surface area contributed by atoms with Gasteiger partial charge in [-0.1, -0.05) is 12.1 Å². The van der Waals surface area contributed by atoms with E-state index in [9.17, 15) is 13.6 Å². The molecule has 0 saturated carbocycles. The van der Waals surface area contributed by atoms with Crippen LogP contribution >= 0.6 is 11.3 Å². The smallest absolute Gasteiger partial charge is 0.266 e. The second-order valence-corrected chi connectivity index (χ2v) is 6.11. The number of aromatic nitrogens is 1. The number of carbonyl (C=O) groups is 1. The summed E-state index contributed by atoms with van der Waals surface area (Å²) in [5.41, 5.74) is 1.21. The zero-order valence-electron chi connectivity index (χ0n) is 13.2. The van der Waals surface area contributed by atoms with Crippen LogP contribution in [0.5, 0.6) is 5.75 Å². The Kier molecular flexibility index (Phi) is 5.04. The van der Waals surface area contributed by atoms with Crippen LogP contribution < -0.4 is 10.1 Å². The lowest BCUT2D eigenvalue weighted by Crippen LogP contribution is -2.30. The maximum absolute atomic E-state index is 13.3. The molecule has 0 radical (unpaired) electrons. The van der Waals surface area contributed by atoms with Crippen molar-refractivity contribution in [3.63, 3.8) is 0 Å². The first kappa shape index (κ1) is 17.0. The van der Waals surface area contributed by atoms with E-state index in [0.717, 1.165) is 0 Å². The van der Waals surface area contributed by atoms with Crippen molar-refractivity contribution in [2.75, 3.05) is 5.32 Å². The molecule has 1 heterocycles. The van der Waals surface area contributed by atoms with E-state index in [-0.39, 0.29) is 17.5 Å². The van der Waals surface area contributed by atoms with Gasteiger partial charge in [-0.2, -0.15) is 0 Å². The standard InChI is InChI=1S/C18H14F2N2O2S/c1-11(24-15-7-5-13(19)6-8-15)17(23)22-18-21-16(10-25-18)12-3-2-4-14(20)9-12/h2-11H,1H3,(H,21,22,23). The van der Waals surface area contributed by atoms with Crippen LogP contribution in [0.1, 0.15) is 6.92 Å². The highest BCUT2D eigenvalue weighted by Gasteiger charge is 2.17. The average Bonchev–Trinajstić information content (AvgIpc) is 3.05. The van der Waals surface area contributed by atoms with Crippen LogP contribution in [0.3, 0.4) is 0 Å². The van der Waals surface area contributed by atoms with Gasteiger partial charge in [-0.3, -0.25) is 10.1 Å². The summed E-state index contributed by atoms with van der Waals surface area (Å²) in [4.78, 5) is 16.5. The van der Waals surface area contributed by atoms with Gasteiger partial charge in [0.25, 0.3) is 5.91 Å². The first-order chi connectivity index (χ1) is 12.0. The number of nitrogens with one attached hydrogen (secondary N) is 1. The van der Waals surface area contributed by atoms with Gasteiger partial charge in [0.2, 0.25) is 0 Å². The van der Waals surface area contributed by atoms with Gasteiger partial charge in [0.15, 0.2) is 11.2 Å². The molecule has 1 unspecified atom stereocenters. The van der Waals surface area contributed by atoms with Crippen LogP contribution in [0, 0.1) is 11.6 Å². The second kappa shape index (κ2) is 7.40. The molecule has 0 aliphatic heterocycles. The van der Waals surface area contributed by atoms with E-state index in [0.29, 0.717) is 22.1 Å². The molecule has 3 rings (SSSR count). The van der Waals surface area contributed by atoms with E-state index in [1.165, 1.54) is 47.7 Å². The summed E-state index contributed by atoms with van der Waals surface area (Å²) in [7, 11) is 0. The number of thiazole rings is 1. The molecule has 0 bridgehead atoms. The molecular formula is C18H14F2N2O2S. The van der Waals surface area contributed by atoms with Crippen molar-refractivity contribution in [3.05, 3.63) is 65.5 Å². The van der Waals surface area contributed by atoms with E-state index in [4.69, 9.17) is 4.74 Å². The lowest BCUT2D eigenvalue weighted by atomic mass is 10.2. The molecule has 0 spiro atoms. The Balaban J connectivity index is 1.64. The largest absolute Gasteiger partial charge is 0.481 e. The number of rotatable bonds is 5. The predicted octanol–water partition coefficient (Wildman–Crippen LogP) is 4.49. The van der Waals surface area contributed by atoms with Crippen LogP contribution in [0.25, 0.3) is 11.3 Å². The van der Waals surface area contributed by atoms with Gasteiger partial charge in [-0.05, 0) is 43.3 Å². The van der Waals surface area contributed by atoms with Gasteiger partial charge >= 0.3 is 0 Å². The molecule has 1 aromatic heterocycles. The van der Waals surface area contributed by atoms with Gasteiger partial charge in [0.05, 0.1) is 5.69 Å². The molecule has 128 valence electrons. The zero-order valence-corrected chi connectivity index (χ0v) is 14.0. The van der Waals surface area contributed by atoms with Gasteiger partial charge in [0.1, 0.15) is 17.4 Å². The molecule has 0 saturated heterocycles. The minimum Gasteiger partial charge on any atom is -0.481 e. The highest BCUT2D eigenvalue weighted by molar-refractivity contribution is 7.14. The Bertz CT molecular complexity index is 881. The van der Waals surface area contributed by atoms with Gasteiger partial charge in [0, 0.05) is 10.9 Å². The molecule has 1 amide bonds. The lowest BCUT2D eigenvalue weighted by molar-refractivity contribution is -0.122. The molecule has 3 aromatic rings. The molecule has 25 heavy (non-hydrogen) atoms. The van der Waals surface area contributed by atoms with Crippen molar-refractivity contribution >= 4 is 22.4 Å². The van der Waals surface area contributed by atoms with Gasteiger partial charge in [-0.25, -0.2) is 13.8 Å². The lowest BCUT2D eigenvalue weighted by Gasteiger charge is -2.13. The number of ether oxygens (including phenoxy) is 1. The summed E-state index contributed by atoms with van der Waals surface area (Å²) in [5.74, 6) is -0.720. The number of halogens is 2. The SMILES string of the molecule is CC(Oc1ccc(F)cc1)C(=O)Nc1nc(-c2cccc(F)c2)cs1. The predicted molar refractivity (Wildman–Crippen MR) is 92.6 cm³/mol. The summed E-state index contributed by atoms with van der Waals surface area (Å²) < 4.78 is 31.6. The minimum absolute atomic E-state index is 0.350. The minimum atomic E-state index is -0.785. The highest BCUT2D eigenvalue weighted by Crippen LogP contribution is 2.25. The summed E-state index contributed by atoms with van der Waals surface area (Å²) in [6.07, 6.45) is -0.785. The molecule has 7 heteroatoms. The average molecular weight is 360 g/mol. The fourth-order valence-electron chi connectivity index (χ4n) is 2.09. The second-order valence-electron chi connectivity index (χ2n) is 5.25. The molecule has 0 aliphatic rings. The van der Waals surface area contributed by atoms with E-state index in [1.54, 1.807) is 24.4 Å². The van der Waals surface area contributed by atoms with Crippen LogP contribution in [0.15, 0.2) is 53.9 Å². The summed E-state index contributed by atoms with van der Waals surface area (Å²) in [6.45, 7) is 1.58. The molecule has 1 N–H and O–H groups in total. The highest BCUT2D eigenvalue weighted by atomic mass is 32.1. The van der Waals surface area contributed by atoms with E-state index < -0.39 is 6.10 Å². The maximum atomic E-state index is 13.3. The third-order valence-corrected chi connectivity index (χ3v) is 4.11. The third-order valence-electron chi connectivity index (χ3n) is 3.35. The van der Waals surface area contributed by atoms with Crippen LogP contribution in [-0.4, -0.2) is 17.0 Å². The summed E-state index contributed by atoms with van der Waals surface area (Å²) in [6, 6.07) is 11.5. The van der Waals surface area contributed by atoms with E-state index in [2.05, 4.69) is 10.3 Å². The van der Waals surface area contributed by atoms with Crippen molar-refractivity contribution in [2.24, 2.45) is 0 Å². The number of nitrogens with zero attached hydrogens (tertiary/aromatic N) is 1. The molecule has 2 aromatic carbocycles. The fraction of sp³-hybridized carbons (Fsp3) is 0.111. The molecule has 1 atom stereocenters. The van der Waals surface area contributed by atoms with Crippen LogP contribution in [-0.2, 0) is 4.79 Å². The number of amides is 1. The quantitative estimate of drug-likeness (QED) is 0.729. The van der Waals surface area contributed by atoms with Crippen molar-refractivity contribution in [3.8, 4) is 17.0 Å². The Morgan fingerprint density at radius 2 is 1.92 bits per heavy atom. The number of benzene rings is 2. The van der Waals surface area contributed by atoms with Crippen molar-refractivity contribution < 1.29 is 18.3 Å². The first-order valence-corrected chi connectivity index (χ1v) is 8.34. The number of hydrogen-bond donors (Lipinski definition) is 1. The van der Waals surface area contributed by atoms with Crippen molar-refractivity contribution in [2.45, 2.75) is 13.0 Å². The van der Waals surface area contributed by atoms with Crippen molar-refractivity contribution in [1.82, 2.24) is 4.98 Å². The summed E-state index contributed by atoms with van der Waals surface area (Å²) in [5, 5.41) is 4.77. The van der Waals surface area contributed by atoms with Gasteiger partial charge < -0.3 is 4.74 Å². The summed E-state index contributed by atoms with van der Waals surface area (Å²) >= 11 is 1.23. The zero-order chi connectivity index (χ0) is 17.8. The number of carbonyl (C=O) groups excluding carboxylic acids is 1. The van der Waals surface area contributed by atoms with E-state index in [1.807, 2.05) is 0 Å². The topological polar surface area (TPSA) is 51.2 Å². The normalized spacial score (nSPS) is 11.8. The Labute approximate surface area is 147 Å². The van der Waals surface area contributed by atoms with Crippen LogP contribution in [0.2, 0.25) is 0 Å². The van der Waals surface area contributed by atoms with Gasteiger partial charge in [-0.15, -0.1) is 11.3 Å². The monoisotopic (exact) mass is 360 g/mol. The Morgan fingerprint density at radius 3 is 2.64 bits per heavy atom. The van der Waals surface area contributed by atoms with E-state index >= 15 is 0 Å². The molecule has 0 aliphatic carbocycles.